The Balaban J connectivity index is 2.09. The lowest BCUT2D eigenvalue weighted by atomic mass is 10.1. The maximum Gasteiger partial charge on any atom is 0.323 e. The summed E-state index contributed by atoms with van der Waals surface area (Å²) in [4.78, 5) is 14.0. The Labute approximate surface area is 123 Å². The third-order valence-electron chi connectivity index (χ3n) is 3.45. The van der Waals surface area contributed by atoms with Crippen molar-refractivity contribution in [1.82, 2.24) is 4.90 Å². The number of benzene rings is 1. The molecule has 1 aliphatic rings. The van der Waals surface area contributed by atoms with Crippen molar-refractivity contribution in [2.45, 2.75) is 51.8 Å². The summed E-state index contributed by atoms with van der Waals surface area (Å²) in [6.45, 7) is 6.34. The Kier molecular flexibility index (Phi) is 4.61. The van der Waals surface area contributed by atoms with E-state index < -0.39 is 17.2 Å². The molecule has 0 aromatic heterocycles. The molecule has 0 radical (unpaired) electrons. The van der Waals surface area contributed by atoms with Crippen LogP contribution in [0.2, 0.25) is 0 Å². The summed E-state index contributed by atoms with van der Waals surface area (Å²) < 4.78 is 32.4. The molecule has 1 saturated heterocycles. The van der Waals surface area contributed by atoms with Crippen molar-refractivity contribution in [1.29, 1.82) is 0 Å². The van der Waals surface area contributed by atoms with Crippen LogP contribution in [0.4, 0.5) is 8.78 Å². The van der Waals surface area contributed by atoms with Crippen molar-refractivity contribution in [3.63, 3.8) is 0 Å². The van der Waals surface area contributed by atoms with Crippen LogP contribution in [0.5, 0.6) is 0 Å². The fraction of sp³-hybridized carbons (Fsp3) is 0.562. The van der Waals surface area contributed by atoms with Crippen molar-refractivity contribution >= 4 is 5.97 Å². The molecule has 116 valence electrons. The summed E-state index contributed by atoms with van der Waals surface area (Å²) in [5, 5.41) is 0. The summed E-state index contributed by atoms with van der Waals surface area (Å²) in [5.41, 5.74) is -0.277. The lowest BCUT2D eigenvalue weighted by Gasteiger charge is -2.27. The minimum absolute atomic E-state index is 0.216. The molecule has 21 heavy (non-hydrogen) atoms. The third-order valence-corrected chi connectivity index (χ3v) is 3.45. The van der Waals surface area contributed by atoms with Crippen molar-refractivity contribution in [2.24, 2.45) is 0 Å². The minimum Gasteiger partial charge on any atom is -0.459 e. The Hall–Kier alpha value is -1.49. The SMILES string of the molecule is CC(C)(C)OC(=O)[C@H]1CCCN1Cc1cccc(F)c1F. The normalized spacial score (nSPS) is 19.8. The number of carbonyl (C=O) groups is 1. The third kappa shape index (κ3) is 4.00. The molecule has 1 aliphatic heterocycles. The summed E-state index contributed by atoms with van der Waals surface area (Å²) in [5.74, 6) is -2.00. The molecule has 0 aliphatic carbocycles. The fourth-order valence-electron chi connectivity index (χ4n) is 2.54. The van der Waals surface area contributed by atoms with Gasteiger partial charge in [-0.15, -0.1) is 0 Å². The second kappa shape index (κ2) is 6.10. The molecule has 0 saturated carbocycles. The number of ether oxygens (including phenoxy) is 1. The fourth-order valence-corrected chi connectivity index (χ4v) is 2.54. The first-order valence-electron chi connectivity index (χ1n) is 7.18. The van der Waals surface area contributed by atoms with Crippen LogP contribution < -0.4 is 0 Å². The quantitative estimate of drug-likeness (QED) is 0.802. The van der Waals surface area contributed by atoms with Gasteiger partial charge in [0.05, 0.1) is 0 Å². The lowest BCUT2D eigenvalue weighted by molar-refractivity contribution is -0.160. The number of halogens is 2. The number of carbonyl (C=O) groups excluding carboxylic acids is 1. The van der Waals surface area contributed by atoms with Crippen molar-refractivity contribution in [3.05, 3.63) is 35.4 Å². The minimum atomic E-state index is -0.861. The zero-order valence-electron chi connectivity index (χ0n) is 12.7. The van der Waals surface area contributed by atoms with Crippen LogP contribution in [-0.4, -0.2) is 29.1 Å². The molecular formula is C16H21F2NO2. The van der Waals surface area contributed by atoms with E-state index in [1.165, 1.54) is 6.07 Å². The largest absolute Gasteiger partial charge is 0.459 e. The van der Waals surface area contributed by atoms with Gasteiger partial charge in [0.15, 0.2) is 11.6 Å². The van der Waals surface area contributed by atoms with Crippen molar-refractivity contribution in [2.75, 3.05) is 6.54 Å². The van der Waals surface area contributed by atoms with Gasteiger partial charge in [-0.05, 0) is 46.2 Å². The Morgan fingerprint density at radius 2 is 2.10 bits per heavy atom. The maximum atomic E-state index is 13.7. The van der Waals surface area contributed by atoms with E-state index in [-0.39, 0.29) is 24.1 Å². The maximum absolute atomic E-state index is 13.7. The molecule has 0 bridgehead atoms. The second-order valence-corrected chi connectivity index (χ2v) is 6.37. The summed E-state index contributed by atoms with van der Waals surface area (Å²) >= 11 is 0. The molecule has 1 aromatic rings. The summed E-state index contributed by atoms with van der Waals surface area (Å²) in [6.07, 6.45) is 1.53. The molecular weight excluding hydrogens is 276 g/mol. The first-order valence-corrected chi connectivity index (χ1v) is 7.18. The van der Waals surface area contributed by atoms with Crippen LogP contribution >= 0.6 is 0 Å². The molecule has 1 heterocycles. The van der Waals surface area contributed by atoms with E-state index in [0.717, 1.165) is 12.5 Å². The molecule has 0 amide bonds. The highest BCUT2D eigenvalue weighted by atomic mass is 19.2. The van der Waals surface area contributed by atoms with Gasteiger partial charge in [0.2, 0.25) is 0 Å². The van der Waals surface area contributed by atoms with Crippen molar-refractivity contribution < 1.29 is 18.3 Å². The van der Waals surface area contributed by atoms with Gasteiger partial charge in [-0.2, -0.15) is 0 Å². The van der Waals surface area contributed by atoms with Crippen LogP contribution in [0.25, 0.3) is 0 Å². The topological polar surface area (TPSA) is 29.5 Å². The predicted molar refractivity (Wildman–Crippen MR) is 75.6 cm³/mol. The molecule has 1 fully saturated rings. The molecule has 3 nitrogen and oxygen atoms in total. The van der Waals surface area contributed by atoms with Crippen LogP contribution in [0, 0.1) is 11.6 Å². The highest BCUT2D eigenvalue weighted by Gasteiger charge is 2.34. The molecule has 1 aromatic carbocycles. The average Bonchev–Trinajstić information content (AvgIpc) is 2.81. The van der Waals surface area contributed by atoms with Crippen LogP contribution in [0.3, 0.4) is 0 Å². The highest BCUT2D eigenvalue weighted by Crippen LogP contribution is 2.24. The van der Waals surface area contributed by atoms with E-state index in [2.05, 4.69) is 0 Å². The van der Waals surface area contributed by atoms with Crippen molar-refractivity contribution in [3.8, 4) is 0 Å². The first kappa shape index (κ1) is 15.9. The summed E-state index contributed by atoms with van der Waals surface area (Å²) in [7, 11) is 0. The van der Waals surface area contributed by atoms with Gasteiger partial charge >= 0.3 is 5.97 Å². The molecule has 1 atom stereocenters. The van der Waals surface area contributed by atoms with Crippen LogP contribution in [0.15, 0.2) is 18.2 Å². The van der Waals surface area contributed by atoms with Crippen LogP contribution in [-0.2, 0) is 16.1 Å². The van der Waals surface area contributed by atoms with Gasteiger partial charge in [-0.1, -0.05) is 12.1 Å². The van der Waals surface area contributed by atoms with E-state index in [9.17, 15) is 13.6 Å². The molecule has 0 N–H and O–H groups in total. The Morgan fingerprint density at radius 1 is 1.38 bits per heavy atom. The van der Waals surface area contributed by atoms with E-state index in [4.69, 9.17) is 4.74 Å². The van der Waals surface area contributed by atoms with E-state index in [1.807, 2.05) is 25.7 Å². The van der Waals surface area contributed by atoms with Gasteiger partial charge in [0.25, 0.3) is 0 Å². The van der Waals surface area contributed by atoms with Crippen LogP contribution in [0.1, 0.15) is 39.2 Å². The molecule has 0 spiro atoms. The van der Waals surface area contributed by atoms with E-state index in [0.29, 0.717) is 13.0 Å². The van der Waals surface area contributed by atoms with E-state index in [1.54, 1.807) is 6.07 Å². The predicted octanol–water partition coefficient (Wildman–Crippen LogP) is 3.27. The standard InChI is InChI=1S/C16H21F2NO2/c1-16(2,3)21-15(20)13-8-5-9-19(13)10-11-6-4-7-12(17)14(11)18/h4,6-7,13H,5,8-10H2,1-3H3/t13-/m1/s1. The average molecular weight is 297 g/mol. The molecule has 2 rings (SSSR count). The number of esters is 1. The first-order chi connectivity index (χ1) is 9.78. The van der Waals surface area contributed by atoms with Gasteiger partial charge in [0.1, 0.15) is 11.6 Å². The highest BCUT2D eigenvalue weighted by molar-refractivity contribution is 5.76. The smallest absolute Gasteiger partial charge is 0.323 e. The number of hydrogen-bond donors (Lipinski definition) is 0. The van der Waals surface area contributed by atoms with Gasteiger partial charge < -0.3 is 4.74 Å². The Morgan fingerprint density at radius 3 is 2.76 bits per heavy atom. The summed E-state index contributed by atoms with van der Waals surface area (Å²) in [6, 6.07) is 3.73. The zero-order chi connectivity index (χ0) is 15.6. The van der Waals surface area contributed by atoms with Gasteiger partial charge in [-0.3, -0.25) is 9.69 Å². The number of hydrogen-bond acceptors (Lipinski definition) is 3. The number of nitrogens with zero attached hydrogens (tertiary/aromatic N) is 1. The van der Waals surface area contributed by atoms with Gasteiger partial charge in [0, 0.05) is 12.1 Å². The number of rotatable bonds is 3. The lowest BCUT2D eigenvalue weighted by Crippen LogP contribution is -2.40. The monoisotopic (exact) mass is 297 g/mol. The van der Waals surface area contributed by atoms with Gasteiger partial charge in [-0.25, -0.2) is 8.78 Å². The number of likely N-dealkylation sites (tertiary alicyclic amines) is 1. The van der Waals surface area contributed by atoms with E-state index >= 15 is 0 Å². The second-order valence-electron chi connectivity index (χ2n) is 6.37. The molecule has 5 heteroatoms. The zero-order valence-corrected chi connectivity index (χ0v) is 12.7. The Bertz CT molecular complexity index is 525. The molecule has 0 unspecified atom stereocenters.